The topological polar surface area (TPSA) is 58.2 Å². The van der Waals surface area contributed by atoms with Crippen LogP contribution >= 0.6 is 27.7 Å². The van der Waals surface area contributed by atoms with Crippen molar-refractivity contribution in [2.75, 3.05) is 5.75 Å². The number of amides is 2. The Morgan fingerprint density at radius 1 is 1.00 bits per heavy atom. The van der Waals surface area contributed by atoms with Gasteiger partial charge < -0.3 is 0 Å². The Kier molecular flexibility index (Phi) is 5.97. The van der Waals surface area contributed by atoms with Crippen molar-refractivity contribution in [3.63, 3.8) is 0 Å². The van der Waals surface area contributed by atoms with Crippen molar-refractivity contribution in [1.29, 1.82) is 0 Å². The van der Waals surface area contributed by atoms with E-state index in [4.69, 9.17) is 0 Å². The summed E-state index contributed by atoms with van der Waals surface area (Å²) in [5.41, 5.74) is 5.11. The third-order valence-electron chi connectivity index (χ3n) is 2.61. The van der Waals surface area contributed by atoms with Crippen LogP contribution < -0.4 is 10.9 Å². The molecule has 2 amide bonds. The van der Waals surface area contributed by atoms with E-state index in [0.29, 0.717) is 5.56 Å². The summed E-state index contributed by atoms with van der Waals surface area (Å²) >= 11 is 4.53. The highest BCUT2D eigenvalue weighted by Gasteiger charge is 2.07. The largest absolute Gasteiger partial charge is 0.272 e. The van der Waals surface area contributed by atoms with Crippen LogP contribution in [0.2, 0.25) is 0 Å². The fourth-order valence-electron chi connectivity index (χ4n) is 1.52. The van der Waals surface area contributed by atoms with Gasteiger partial charge in [-0.25, -0.2) is 4.39 Å². The van der Waals surface area contributed by atoms with Crippen LogP contribution in [0.1, 0.15) is 10.4 Å². The Hall–Kier alpha value is -1.86. The molecule has 2 aromatic rings. The molecule has 0 saturated heterocycles. The maximum Gasteiger partial charge on any atom is 0.269 e. The van der Waals surface area contributed by atoms with E-state index in [-0.39, 0.29) is 17.5 Å². The fraction of sp³-hybridized carbons (Fsp3) is 0.0667. The zero-order valence-electron chi connectivity index (χ0n) is 11.3. The molecule has 4 nitrogen and oxygen atoms in total. The Morgan fingerprint density at radius 3 is 2.27 bits per heavy atom. The van der Waals surface area contributed by atoms with Crippen LogP contribution in [0, 0.1) is 5.82 Å². The second-order valence-corrected chi connectivity index (χ2v) is 6.22. The molecule has 0 fully saturated rings. The zero-order valence-corrected chi connectivity index (χ0v) is 13.7. The van der Waals surface area contributed by atoms with Gasteiger partial charge in [-0.05, 0) is 48.5 Å². The van der Waals surface area contributed by atoms with Crippen LogP contribution in [0.4, 0.5) is 4.39 Å². The highest BCUT2D eigenvalue weighted by molar-refractivity contribution is 9.10. The third kappa shape index (κ3) is 5.16. The molecule has 0 radical (unpaired) electrons. The molecule has 114 valence electrons. The van der Waals surface area contributed by atoms with Crippen molar-refractivity contribution >= 4 is 39.5 Å². The summed E-state index contributed by atoms with van der Waals surface area (Å²) in [7, 11) is 0. The van der Waals surface area contributed by atoms with Gasteiger partial charge in [-0.1, -0.05) is 15.9 Å². The highest BCUT2D eigenvalue weighted by Crippen LogP contribution is 2.17. The second kappa shape index (κ2) is 7.95. The van der Waals surface area contributed by atoms with Gasteiger partial charge in [-0.15, -0.1) is 11.8 Å². The van der Waals surface area contributed by atoms with E-state index in [0.717, 1.165) is 9.37 Å². The van der Waals surface area contributed by atoms with Gasteiger partial charge in [0.05, 0.1) is 5.75 Å². The van der Waals surface area contributed by atoms with Crippen LogP contribution in [0.5, 0.6) is 0 Å². The number of halogens is 2. The van der Waals surface area contributed by atoms with E-state index in [1.807, 2.05) is 0 Å². The number of hydrogen-bond acceptors (Lipinski definition) is 3. The van der Waals surface area contributed by atoms with Crippen molar-refractivity contribution < 1.29 is 14.0 Å². The zero-order chi connectivity index (χ0) is 15.9. The van der Waals surface area contributed by atoms with E-state index in [9.17, 15) is 14.0 Å². The van der Waals surface area contributed by atoms with E-state index < -0.39 is 5.91 Å². The van der Waals surface area contributed by atoms with Crippen molar-refractivity contribution in [1.82, 2.24) is 10.9 Å². The molecule has 0 bridgehead atoms. The van der Waals surface area contributed by atoms with Crippen LogP contribution in [0.25, 0.3) is 0 Å². The molecule has 0 unspecified atom stereocenters. The lowest BCUT2D eigenvalue weighted by Gasteiger charge is -2.07. The highest BCUT2D eigenvalue weighted by atomic mass is 79.9. The molecule has 2 rings (SSSR count). The Morgan fingerprint density at radius 2 is 1.64 bits per heavy atom. The molecule has 0 aliphatic rings. The number of carbonyl (C=O) groups excluding carboxylic acids is 2. The number of benzene rings is 2. The van der Waals surface area contributed by atoms with Crippen molar-refractivity contribution in [3.8, 4) is 0 Å². The smallest absolute Gasteiger partial charge is 0.269 e. The summed E-state index contributed by atoms with van der Waals surface area (Å²) in [6.45, 7) is 0. The molecular formula is C15H12BrFN2O2S. The lowest BCUT2D eigenvalue weighted by molar-refractivity contribution is -0.119. The molecule has 0 atom stereocenters. The fourth-order valence-corrected chi connectivity index (χ4v) is 2.48. The van der Waals surface area contributed by atoms with Crippen molar-refractivity contribution in [2.24, 2.45) is 0 Å². The maximum absolute atomic E-state index is 12.7. The summed E-state index contributed by atoms with van der Waals surface area (Å²) in [5, 5.41) is 0. The van der Waals surface area contributed by atoms with E-state index >= 15 is 0 Å². The van der Waals surface area contributed by atoms with Gasteiger partial charge in [-0.2, -0.15) is 0 Å². The summed E-state index contributed by atoms with van der Waals surface area (Å²) < 4.78 is 13.6. The summed E-state index contributed by atoms with van der Waals surface area (Å²) in [6, 6.07) is 12.6. The molecule has 22 heavy (non-hydrogen) atoms. The van der Waals surface area contributed by atoms with Gasteiger partial charge >= 0.3 is 0 Å². The van der Waals surface area contributed by atoms with Crippen LogP contribution in [0.3, 0.4) is 0 Å². The van der Waals surface area contributed by atoms with Gasteiger partial charge in [0.1, 0.15) is 5.82 Å². The minimum Gasteiger partial charge on any atom is -0.272 e. The van der Waals surface area contributed by atoms with Crippen molar-refractivity contribution in [3.05, 3.63) is 64.4 Å². The van der Waals surface area contributed by atoms with Crippen LogP contribution in [-0.2, 0) is 4.79 Å². The lowest BCUT2D eigenvalue weighted by atomic mass is 10.2. The number of carbonyl (C=O) groups is 2. The summed E-state index contributed by atoms with van der Waals surface area (Å²) in [5.74, 6) is -0.949. The van der Waals surface area contributed by atoms with Gasteiger partial charge in [0, 0.05) is 14.9 Å². The number of thioether (sulfide) groups is 1. The van der Waals surface area contributed by atoms with Gasteiger partial charge in [0.15, 0.2) is 0 Å². The van der Waals surface area contributed by atoms with Gasteiger partial charge in [0.2, 0.25) is 5.91 Å². The first-order chi connectivity index (χ1) is 10.5. The second-order valence-electron chi connectivity index (χ2n) is 4.25. The number of nitrogens with one attached hydrogen (secondary N) is 2. The molecule has 2 aromatic carbocycles. The molecule has 2 N–H and O–H groups in total. The molecular weight excluding hydrogens is 371 g/mol. The Balaban J connectivity index is 1.76. The lowest BCUT2D eigenvalue weighted by Crippen LogP contribution is -2.42. The third-order valence-corrected chi connectivity index (χ3v) is 4.15. The van der Waals surface area contributed by atoms with E-state index in [2.05, 4.69) is 26.8 Å². The molecule has 0 spiro atoms. The number of rotatable bonds is 4. The predicted molar refractivity (Wildman–Crippen MR) is 86.9 cm³/mol. The monoisotopic (exact) mass is 382 g/mol. The average Bonchev–Trinajstić information content (AvgIpc) is 2.52. The standard InChI is InChI=1S/C15H12BrFN2O2S/c16-11-3-1-10(2-4-11)15(21)19-18-14(20)9-22-13-7-5-12(17)6-8-13/h1-8H,9H2,(H,18,20)(H,19,21). The Labute approximate surface area is 139 Å². The number of hydrogen-bond donors (Lipinski definition) is 2. The van der Waals surface area contributed by atoms with E-state index in [1.54, 1.807) is 36.4 Å². The molecule has 0 saturated carbocycles. The number of hydrazine groups is 1. The first kappa shape index (κ1) is 16.5. The van der Waals surface area contributed by atoms with E-state index in [1.165, 1.54) is 23.9 Å². The average molecular weight is 383 g/mol. The predicted octanol–water partition coefficient (Wildman–Crippen LogP) is 3.14. The normalized spacial score (nSPS) is 10.1. The molecule has 7 heteroatoms. The molecule has 0 aromatic heterocycles. The molecule has 0 aliphatic carbocycles. The minimum absolute atomic E-state index is 0.117. The summed E-state index contributed by atoms with van der Waals surface area (Å²) in [6.07, 6.45) is 0. The first-order valence-corrected chi connectivity index (χ1v) is 8.05. The Bertz CT molecular complexity index is 662. The first-order valence-electron chi connectivity index (χ1n) is 6.28. The van der Waals surface area contributed by atoms with Gasteiger partial charge in [0.25, 0.3) is 5.91 Å². The summed E-state index contributed by atoms with van der Waals surface area (Å²) in [4.78, 5) is 24.2. The van der Waals surface area contributed by atoms with Crippen LogP contribution in [-0.4, -0.2) is 17.6 Å². The SMILES string of the molecule is O=C(CSc1ccc(F)cc1)NNC(=O)c1ccc(Br)cc1. The quantitative estimate of drug-likeness (QED) is 0.630. The minimum atomic E-state index is -0.396. The van der Waals surface area contributed by atoms with Crippen molar-refractivity contribution in [2.45, 2.75) is 4.90 Å². The molecule has 0 aliphatic heterocycles. The van der Waals surface area contributed by atoms with Crippen LogP contribution in [0.15, 0.2) is 57.9 Å². The maximum atomic E-state index is 12.7. The van der Waals surface area contributed by atoms with Gasteiger partial charge in [-0.3, -0.25) is 20.4 Å². The molecule has 0 heterocycles.